The summed E-state index contributed by atoms with van der Waals surface area (Å²) in [7, 11) is 1.61. The third-order valence-corrected chi connectivity index (χ3v) is 5.16. The van der Waals surface area contributed by atoms with Crippen molar-refractivity contribution >= 4 is 11.6 Å². The van der Waals surface area contributed by atoms with Crippen molar-refractivity contribution in [1.82, 2.24) is 5.32 Å². The van der Waals surface area contributed by atoms with E-state index in [0.29, 0.717) is 19.4 Å². The molecule has 162 valence electrons. The van der Waals surface area contributed by atoms with Crippen LogP contribution in [0.5, 0.6) is 0 Å². The van der Waals surface area contributed by atoms with Gasteiger partial charge in [0.25, 0.3) is 0 Å². The molecule has 1 amide bonds. The molecule has 0 aliphatic rings. The van der Waals surface area contributed by atoms with Gasteiger partial charge in [0.05, 0.1) is 5.56 Å². The molecule has 0 saturated carbocycles. The minimum absolute atomic E-state index is 0.121. The zero-order chi connectivity index (χ0) is 22.3. The molecule has 1 N–H and O–H groups in total. The molecule has 0 radical (unpaired) electrons. The average molecular weight is 426 g/mol. The van der Waals surface area contributed by atoms with Crippen LogP contribution in [-0.2, 0) is 17.4 Å². The van der Waals surface area contributed by atoms with E-state index in [1.807, 2.05) is 65.6 Å². The Hall–Kier alpha value is -3.28. The first-order chi connectivity index (χ1) is 14.9. The molecule has 1 atom stereocenters. The van der Waals surface area contributed by atoms with Gasteiger partial charge >= 0.3 is 6.18 Å². The molecule has 3 rings (SSSR count). The van der Waals surface area contributed by atoms with Crippen LogP contribution in [0.1, 0.15) is 29.2 Å². The summed E-state index contributed by atoms with van der Waals surface area (Å²) in [6.07, 6.45) is -3.05. The van der Waals surface area contributed by atoms with E-state index < -0.39 is 17.8 Å². The molecule has 3 nitrogen and oxygen atoms in total. The average Bonchev–Trinajstić information content (AvgIpc) is 2.79. The number of rotatable bonds is 8. The number of aryl methyl sites for hydroxylation is 1. The summed E-state index contributed by atoms with van der Waals surface area (Å²) in [5.41, 5.74) is 1.97. The SMILES string of the molecule is CNC(=O)C(c1ccccc1)N(CCCc1ccc(C(F)(F)F)cc1)c1ccccc1. The monoisotopic (exact) mass is 426 g/mol. The van der Waals surface area contributed by atoms with Gasteiger partial charge in [-0.05, 0) is 48.2 Å². The number of para-hydroxylation sites is 1. The Morgan fingerprint density at radius 1 is 0.903 bits per heavy atom. The third-order valence-electron chi connectivity index (χ3n) is 5.16. The summed E-state index contributed by atoms with van der Waals surface area (Å²) in [6.45, 7) is 0.567. The van der Waals surface area contributed by atoms with Crippen LogP contribution in [0.3, 0.4) is 0 Å². The molecule has 3 aromatic rings. The van der Waals surface area contributed by atoms with Gasteiger partial charge in [0, 0.05) is 19.3 Å². The summed E-state index contributed by atoms with van der Waals surface area (Å²) in [4.78, 5) is 14.9. The molecule has 0 saturated heterocycles. The first-order valence-corrected chi connectivity index (χ1v) is 10.1. The molecule has 0 spiro atoms. The molecule has 0 heterocycles. The van der Waals surface area contributed by atoms with Crippen molar-refractivity contribution in [2.24, 2.45) is 0 Å². The van der Waals surface area contributed by atoms with Crippen LogP contribution >= 0.6 is 0 Å². The molecule has 31 heavy (non-hydrogen) atoms. The highest BCUT2D eigenvalue weighted by molar-refractivity contribution is 5.86. The molecule has 1 unspecified atom stereocenters. The summed E-state index contributed by atoms with van der Waals surface area (Å²) >= 11 is 0. The third kappa shape index (κ3) is 5.87. The van der Waals surface area contributed by atoms with E-state index in [1.165, 1.54) is 12.1 Å². The van der Waals surface area contributed by atoms with Crippen molar-refractivity contribution in [3.63, 3.8) is 0 Å². The number of carbonyl (C=O) groups is 1. The van der Waals surface area contributed by atoms with Crippen LogP contribution in [0.4, 0.5) is 18.9 Å². The Balaban J connectivity index is 1.80. The number of carbonyl (C=O) groups excluding carboxylic acids is 1. The Bertz CT molecular complexity index is 958. The molecule has 0 aliphatic carbocycles. The fourth-order valence-electron chi connectivity index (χ4n) is 3.59. The number of amides is 1. The topological polar surface area (TPSA) is 32.3 Å². The Kier molecular flexibility index (Phi) is 7.34. The summed E-state index contributed by atoms with van der Waals surface area (Å²) in [5, 5.41) is 2.76. The number of hydrogen-bond acceptors (Lipinski definition) is 2. The Morgan fingerprint density at radius 2 is 1.48 bits per heavy atom. The minimum atomic E-state index is -4.33. The molecular weight excluding hydrogens is 401 g/mol. The number of anilines is 1. The van der Waals surface area contributed by atoms with Crippen LogP contribution in [0.15, 0.2) is 84.9 Å². The van der Waals surface area contributed by atoms with Gasteiger partial charge in [-0.3, -0.25) is 4.79 Å². The summed E-state index contributed by atoms with van der Waals surface area (Å²) in [6, 6.07) is 24.0. The van der Waals surface area contributed by atoms with Crippen molar-refractivity contribution in [2.75, 3.05) is 18.5 Å². The van der Waals surface area contributed by atoms with Crippen molar-refractivity contribution < 1.29 is 18.0 Å². The lowest BCUT2D eigenvalue weighted by atomic mass is 10.0. The fraction of sp³-hybridized carbons (Fsp3) is 0.240. The molecule has 3 aromatic carbocycles. The second-order valence-electron chi connectivity index (χ2n) is 7.25. The van der Waals surface area contributed by atoms with Crippen LogP contribution in [0.2, 0.25) is 0 Å². The van der Waals surface area contributed by atoms with Gasteiger partial charge in [0.1, 0.15) is 6.04 Å². The number of benzene rings is 3. The van der Waals surface area contributed by atoms with Gasteiger partial charge in [-0.15, -0.1) is 0 Å². The Labute approximate surface area is 180 Å². The second kappa shape index (κ2) is 10.2. The second-order valence-corrected chi connectivity index (χ2v) is 7.25. The normalized spacial score (nSPS) is 12.3. The summed E-state index contributed by atoms with van der Waals surface area (Å²) < 4.78 is 38.3. The highest BCUT2D eigenvalue weighted by Gasteiger charge is 2.30. The molecule has 0 bridgehead atoms. The lowest BCUT2D eigenvalue weighted by molar-refractivity contribution is -0.137. The minimum Gasteiger partial charge on any atom is -0.357 e. The lowest BCUT2D eigenvalue weighted by Crippen LogP contribution is -2.40. The van der Waals surface area contributed by atoms with Crippen LogP contribution in [-0.4, -0.2) is 19.5 Å². The predicted octanol–water partition coefficient (Wildman–Crippen LogP) is 5.63. The van der Waals surface area contributed by atoms with Crippen LogP contribution in [0, 0.1) is 0 Å². The molecule has 6 heteroatoms. The highest BCUT2D eigenvalue weighted by Crippen LogP contribution is 2.30. The quantitative estimate of drug-likeness (QED) is 0.506. The summed E-state index contributed by atoms with van der Waals surface area (Å²) in [5.74, 6) is -0.121. The van der Waals surface area contributed by atoms with E-state index >= 15 is 0 Å². The van der Waals surface area contributed by atoms with Gasteiger partial charge in [0.2, 0.25) is 5.91 Å². The van der Waals surface area contributed by atoms with E-state index in [1.54, 1.807) is 7.05 Å². The number of halogens is 3. The maximum Gasteiger partial charge on any atom is 0.416 e. The van der Waals surface area contributed by atoms with Crippen molar-refractivity contribution in [2.45, 2.75) is 25.1 Å². The van der Waals surface area contributed by atoms with E-state index in [4.69, 9.17) is 0 Å². The van der Waals surface area contributed by atoms with Gasteiger partial charge in [0.15, 0.2) is 0 Å². The van der Waals surface area contributed by atoms with Gasteiger partial charge in [-0.2, -0.15) is 13.2 Å². The zero-order valence-electron chi connectivity index (χ0n) is 17.3. The zero-order valence-corrected chi connectivity index (χ0v) is 17.3. The first kappa shape index (κ1) is 22.4. The first-order valence-electron chi connectivity index (χ1n) is 10.1. The van der Waals surface area contributed by atoms with Crippen molar-refractivity contribution in [3.8, 4) is 0 Å². The van der Waals surface area contributed by atoms with Gasteiger partial charge in [-0.25, -0.2) is 0 Å². The number of likely N-dealkylation sites (N-methyl/N-ethyl adjacent to an activating group) is 1. The highest BCUT2D eigenvalue weighted by atomic mass is 19.4. The standard InChI is InChI=1S/C25H25F3N2O/c1-29-24(31)23(20-10-4-2-5-11-20)30(22-12-6-3-7-13-22)18-8-9-19-14-16-21(17-15-19)25(26,27)28/h2-7,10-17,23H,8-9,18H2,1H3,(H,29,31). The molecule has 0 aromatic heterocycles. The Morgan fingerprint density at radius 3 is 2.03 bits per heavy atom. The van der Waals surface area contributed by atoms with E-state index in [0.717, 1.165) is 28.9 Å². The fourth-order valence-corrected chi connectivity index (χ4v) is 3.59. The number of nitrogens with zero attached hydrogens (tertiary/aromatic N) is 1. The smallest absolute Gasteiger partial charge is 0.357 e. The van der Waals surface area contributed by atoms with Crippen LogP contribution < -0.4 is 10.2 Å². The van der Waals surface area contributed by atoms with E-state index in [2.05, 4.69) is 5.32 Å². The molecular formula is C25H25F3N2O. The predicted molar refractivity (Wildman–Crippen MR) is 117 cm³/mol. The number of hydrogen-bond donors (Lipinski definition) is 1. The van der Waals surface area contributed by atoms with Gasteiger partial charge < -0.3 is 10.2 Å². The number of nitrogens with one attached hydrogen (secondary N) is 1. The van der Waals surface area contributed by atoms with Crippen LogP contribution in [0.25, 0.3) is 0 Å². The molecule has 0 fully saturated rings. The van der Waals surface area contributed by atoms with Gasteiger partial charge in [-0.1, -0.05) is 60.7 Å². The maximum atomic E-state index is 12.8. The van der Waals surface area contributed by atoms with Crippen molar-refractivity contribution in [1.29, 1.82) is 0 Å². The molecule has 0 aliphatic heterocycles. The van der Waals surface area contributed by atoms with Crippen molar-refractivity contribution in [3.05, 3.63) is 102 Å². The maximum absolute atomic E-state index is 12.8. The number of alkyl halides is 3. The van der Waals surface area contributed by atoms with E-state index in [9.17, 15) is 18.0 Å². The largest absolute Gasteiger partial charge is 0.416 e. The van der Waals surface area contributed by atoms with E-state index in [-0.39, 0.29) is 5.91 Å². The lowest BCUT2D eigenvalue weighted by Gasteiger charge is -2.33.